The SMILES string of the molecule is COC(=O)[C@H](Cc1cc2ccccc2[nH]1)NC(=O)c1nn(-c2ccc(Cl)cc2Cl)c(-c2ccc(Cl)cc2)c1C. The third kappa shape index (κ3) is 5.52. The summed E-state index contributed by atoms with van der Waals surface area (Å²) < 4.78 is 6.59. The molecule has 0 radical (unpaired) electrons. The van der Waals surface area contributed by atoms with Gasteiger partial charge in [-0.3, -0.25) is 4.79 Å². The Hall–Kier alpha value is -3.78. The maximum atomic E-state index is 13.6. The Morgan fingerprint density at radius 1 is 1.00 bits per heavy atom. The molecule has 0 saturated heterocycles. The largest absolute Gasteiger partial charge is 0.467 e. The number of fused-ring (bicyclic) bond motifs is 1. The number of ether oxygens (including phenoxy) is 1. The number of methoxy groups -OCH3 is 1. The van der Waals surface area contributed by atoms with E-state index in [-0.39, 0.29) is 12.1 Å². The predicted molar refractivity (Wildman–Crippen MR) is 154 cm³/mol. The van der Waals surface area contributed by atoms with Gasteiger partial charge in [-0.15, -0.1) is 0 Å². The number of hydrogen-bond acceptors (Lipinski definition) is 4. The molecule has 0 aliphatic carbocycles. The van der Waals surface area contributed by atoms with Crippen LogP contribution in [0.5, 0.6) is 0 Å². The molecule has 0 fully saturated rings. The fraction of sp³-hybridized carbons (Fsp3) is 0.138. The average Bonchev–Trinajstić information content (AvgIpc) is 3.48. The average molecular weight is 582 g/mol. The fourth-order valence-electron chi connectivity index (χ4n) is 4.51. The first-order chi connectivity index (χ1) is 18.7. The van der Waals surface area contributed by atoms with E-state index in [1.165, 1.54) is 7.11 Å². The summed E-state index contributed by atoms with van der Waals surface area (Å²) in [7, 11) is 1.29. The second-order valence-corrected chi connectivity index (χ2v) is 10.3. The van der Waals surface area contributed by atoms with E-state index >= 15 is 0 Å². The molecule has 1 atom stereocenters. The Morgan fingerprint density at radius 2 is 1.72 bits per heavy atom. The molecule has 1 amide bonds. The number of nitrogens with zero attached hydrogens (tertiary/aromatic N) is 2. The topological polar surface area (TPSA) is 89.0 Å². The van der Waals surface area contributed by atoms with Crippen LogP contribution in [0.2, 0.25) is 15.1 Å². The first kappa shape index (κ1) is 26.8. The molecule has 5 rings (SSSR count). The van der Waals surface area contributed by atoms with Crippen molar-refractivity contribution in [1.29, 1.82) is 0 Å². The van der Waals surface area contributed by atoms with E-state index in [0.717, 1.165) is 22.2 Å². The summed E-state index contributed by atoms with van der Waals surface area (Å²) in [5.74, 6) is -1.10. The van der Waals surface area contributed by atoms with Gasteiger partial charge in [0.05, 0.1) is 23.5 Å². The van der Waals surface area contributed by atoms with Crippen LogP contribution in [0, 0.1) is 6.92 Å². The van der Waals surface area contributed by atoms with Crippen LogP contribution in [0.1, 0.15) is 21.7 Å². The van der Waals surface area contributed by atoms with Crippen molar-refractivity contribution in [1.82, 2.24) is 20.1 Å². The van der Waals surface area contributed by atoms with Crippen LogP contribution in [-0.2, 0) is 16.0 Å². The van der Waals surface area contributed by atoms with Gasteiger partial charge in [-0.2, -0.15) is 5.10 Å². The van der Waals surface area contributed by atoms with Gasteiger partial charge >= 0.3 is 5.97 Å². The van der Waals surface area contributed by atoms with E-state index in [0.29, 0.717) is 32.0 Å². The van der Waals surface area contributed by atoms with Crippen molar-refractivity contribution in [3.8, 4) is 16.9 Å². The maximum Gasteiger partial charge on any atom is 0.328 e. The van der Waals surface area contributed by atoms with Crippen molar-refractivity contribution >= 4 is 57.6 Å². The number of rotatable bonds is 7. The fourth-order valence-corrected chi connectivity index (χ4v) is 5.13. The molecule has 3 aromatic carbocycles. The van der Waals surface area contributed by atoms with Gasteiger partial charge in [-0.05, 0) is 54.8 Å². The lowest BCUT2D eigenvalue weighted by molar-refractivity contribution is -0.142. The van der Waals surface area contributed by atoms with E-state index in [9.17, 15) is 9.59 Å². The van der Waals surface area contributed by atoms with Crippen molar-refractivity contribution in [2.45, 2.75) is 19.4 Å². The van der Waals surface area contributed by atoms with Crippen LogP contribution in [0.25, 0.3) is 27.8 Å². The van der Waals surface area contributed by atoms with Crippen molar-refractivity contribution in [3.05, 3.63) is 105 Å². The van der Waals surface area contributed by atoms with Crippen molar-refractivity contribution < 1.29 is 14.3 Å². The van der Waals surface area contributed by atoms with Crippen LogP contribution >= 0.6 is 34.8 Å². The summed E-state index contributed by atoms with van der Waals surface area (Å²) in [5.41, 5.74) is 4.40. The Bertz CT molecular complexity index is 1660. The van der Waals surface area contributed by atoms with Gasteiger partial charge in [0.15, 0.2) is 5.69 Å². The lowest BCUT2D eigenvalue weighted by Crippen LogP contribution is -2.43. The van der Waals surface area contributed by atoms with Crippen LogP contribution in [-0.4, -0.2) is 39.8 Å². The zero-order chi connectivity index (χ0) is 27.7. The summed E-state index contributed by atoms with van der Waals surface area (Å²) in [4.78, 5) is 29.6. The molecular formula is C29H23Cl3N4O3. The smallest absolute Gasteiger partial charge is 0.328 e. The van der Waals surface area contributed by atoms with Gasteiger partial charge in [0, 0.05) is 38.8 Å². The molecule has 2 N–H and O–H groups in total. The van der Waals surface area contributed by atoms with E-state index < -0.39 is 17.9 Å². The minimum Gasteiger partial charge on any atom is -0.467 e. The second-order valence-electron chi connectivity index (χ2n) is 8.97. The Balaban J connectivity index is 1.53. The number of aromatic nitrogens is 3. The molecule has 0 saturated carbocycles. The van der Waals surface area contributed by atoms with E-state index in [4.69, 9.17) is 39.5 Å². The second kappa shape index (κ2) is 11.1. The maximum absolute atomic E-state index is 13.6. The zero-order valence-electron chi connectivity index (χ0n) is 21.0. The highest BCUT2D eigenvalue weighted by Gasteiger charge is 2.28. The summed E-state index contributed by atoms with van der Waals surface area (Å²) in [6.07, 6.45) is 0.208. The van der Waals surface area contributed by atoms with Crippen LogP contribution < -0.4 is 5.32 Å². The minimum atomic E-state index is -0.946. The van der Waals surface area contributed by atoms with E-state index in [2.05, 4.69) is 15.4 Å². The number of carbonyl (C=O) groups excluding carboxylic acids is 2. The summed E-state index contributed by atoms with van der Waals surface area (Å²) >= 11 is 18.8. The quantitative estimate of drug-likeness (QED) is 0.207. The first-order valence-electron chi connectivity index (χ1n) is 12.0. The molecule has 0 spiro atoms. The number of halogens is 3. The molecule has 10 heteroatoms. The third-order valence-corrected chi connectivity index (χ3v) is 7.18. The summed E-state index contributed by atoms with van der Waals surface area (Å²) in [5, 5.41) is 9.85. The molecule has 39 heavy (non-hydrogen) atoms. The van der Waals surface area contributed by atoms with Crippen molar-refractivity contribution in [2.24, 2.45) is 0 Å². The molecule has 2 aromatic heterocycles. The predicted octanol–water partition coefficient (Wildman–Crippen LogP) is 6.80. The highest BCUT2D eigenvalue weighted by molar-refractivity contribution is 6.35. The standard InChI is InChI=1S/C29H23Cl3N4O3/c1-16-26(28(37)34-24(29(38)39-2)15-21-13-18-5-3-4-6-23(18)33-21)35-36(25-12-11-20(31)14-22(25)32)27(16)17-7-9-19(30)10-8-17/h3-14,24,33H,15H2,1-2H3,(H,34,37)/t24-/m0/s1. The van der Waals surface area contributed by atoms with Crippen molar-refractivity contribution in [3.63, 3.8) is 0 Å². The number of H-pyrrole nitrogens is 1. The molecule has 7 nitrogen and oxygen atoms in total. The number of carbonyl (C=O) groups is 2. The molecule has 2 heterocycles. The molecule has 0 aliphatic heterocycles. The van der Waals surface area contributed by atoms with Gasteiger partial charge < -0.3 is 15.0 Å². The number of benzene rings is 3. The minimum absolute atomic E-state index is 0.136. The highest BCUT2D eigenvalue weighted by Crippen LogP contribution is 2.33. The van der Waals surface area contributed by atoms with Crippen LogP contribution in [0.15, 0.2) is 72.8 Å². The van der Waals surface area contributed by atoms with Gasteiger partial charge in [0.25, 0.3) is 5.91 Å². The first-order valence-corrected chi connectivity index (χ1v) is 13.1. The molecule has 0 aliphatic rings. The van der Waals surface area contributed by atoms with Gasteiger partial charge in [-0.25, -0.2) is 9.48 Å². The Labute approximate surface area is 239 Å². The molecule has 0 unspecified atom stereocenters. The summed E-state index contributed by atoms with van der Waals surface area (Å²) in [6.45, 7) is 1.79. The number of aromatic amines is 1. The normalized spacial score (nSPS) is 11.9. The molecule has 5 aromatic rings. The molecular weight excluding hydrogens is 559 g/mol. The lowest BCUT2D eigenvalue weighted by atomic mass is 10.1. The highest BCUT2D eigenvalue weighted by atomic mass is 35.5. The zero-order valence-corrected chi connectivity index (χ0v) is 23.2. The van der Waals surface area contributed by atoms with Crippen LogP contribution in [0.3, 0.4) is 0 Å². The molecule has 0 bridgehead atoms. The van der Waals surface area contributed by atoms with Crippen molar-refractivity contribution in [2.75, 3.05) is 7.11 Å². The van der Waals surface area contributed by atoms with Gasteiger partial charge in [0.1, 0.15) is 6.04 Å². The molecule has 198 valence electrons. The number of esters is 1. The Morgan fingerprint density at radius 3 is 2.41 bits per heavy atom. The Kier molecular flexibility index (Phi) is 7.66. The number of para-hydroxylation sites is 1. The third-order valence-electron chi connectivity index (χ3n) is 6.39. The van der Waals surface area contributed by atoms with Crippen LogP contribution in [0.4, 0.5) is 0 Å². The van der Waals surface area contributed by atoms with E-state index in [1.807, 2.05) is 42.5 Å². The van der Waals surface area contributed by atoms with Gasteiger partial charge in [0.2, 0.25) is 0 Å². The summed E-state index contributed by atoms with van der Waals surface area (Å²) in [6, 6.07) is 21.0. The number of hydrogen-bond donors (Lipinski definition) is 2. The van der Waals surface area contributed by atoms with Gasteiger partial charge in [-0.1, -0.05) is 65.1 Å². The monoisotopic (exact) mass is 580 g/mol. The number of amides is 1. The van der Waals surface area contributed by atoms with E-state index in [1.54, 1.807) is 41.9 Å². The lowest BCUT2D eigenvalue weighted by Gasteiger charge is -2.15. The number of nitrogens with one attached hydrogen (secondary N) is 2.